The Morgan fingerprint density at radius 1 is 1.64 bits per heavy atom. The van der Waals surface area contributed by atoms with Crippen LogP contribution in [-0.2, 0) is 0 Å². The lowest BCUT2D eigenvalue weighted by atomic mass is 10.0. The second-order valence-corrected chi connectivity index (χ2v) is 4.36. The molecule has 78 valence electrons. The third-order valence-electron chi connectivity index (χ3n) is 2.03. The van der Waals surface area contributed by atoms with Crippen molar-refractivity contribution in [2.24, 2.45) is 0 Å². The number of hydrogen-bond acceptors (Lipinski definition) is 3. The van der Waals surface area contributed by atoms with Crippen LogP contribution in [-0.4, -0.2) is 12.5 Å². The van der Waals surface area contributed by atoms with Crippen LogP contribution in [0.1, 0.15) is 42.6 Å². The molecule has 0 radical (unpaired) electrons. The third kappa shape index (κ3) is 2.07. The first-order valence-electron chi connectivity index (χ1n) is 4.73. The molecule has 1 heterocycles. The van der Waals surface area contributed by atoms with Gasteiger partial charge < -0.3 is 11.1 Å². The van der Waals surface area contributed by atoms with E-state index in [0.29, 0.717) is 23.0 Å². The minimum absolute atomic E-state index is 0.0602. The maximum absolute atomic E-state index is 11.7. The molecular formula is C10H16N2OS. The van der Waals surface area contributed by atoms with Crippen LogP contribution in [0.2, 0.25) is 0 Å². The molecule has 0 aliphatic heterocycles. The lowest BCUT2D eigenvalue weighted by Gasteiger charge is -2.07. The summed E-state index contributed by atoms with van der Waals surface area (Å²) >= 11 is 1.43. The quantitative estimate of drug-likeness (QED) is 0.807. The van der Waals surface area contributed by atoms with E-state index in [0.717, 1.165) is 5.56 Å². The summed E-state index contributed by atoms with van der Waals surface area (Å²) in [4.78, 5) is 11.7. The summed E-state index contributed by atoms with van der Waals surface area (Å²) in [5.41, 5.74) is 7.47. The van der Waals surface area contributed by atoms with Crippen molar-refractivity contribution in [2.45, 2.75) is 26.7 Å². The van der Waals surface area contributed by atoms with Gasteiger partial charge in [-0.3, -0.25) is 4.79 Å². The van der Waals surface area contributed by atoms with Gasteiger partial charge in [0.1, 0.15) is 0 Å². The minimum Gasteiger partial charge on any atom is -0.390 e. The second-order valence-electron chi connectivity index (χ2n) is 3.44. The van der Waals surface area contributed by atoms with Crippen molar-refractivity contribution in [3.8, 4) is 0 Å². The van der Waals surface area contributed by atoms with Crippen molar-refractivity contribution < 1.29 is 4.79 Å². The molecule has 0 atom stereocenters. The summed E-state index contributed by atoms with van der Waals surface area (Å²) in [6.07, 6.45) is 0. The standard InChI is InChI=1S/C10H16N2OS/c1-4-12-10(13)8-7(6(2)3)5-14-9(8)11/h5-6H,4,11H2,1-3H3,(H,12,13). The first kappa shape index (κ1) is 11.0. The van der Waals surface area contributed by atoms with Crippen LogP contribution in [0.5, 0.6) is 0 Å². The number of hydrogen-bond donors (Lipinski definition) is 2. The Morgan fingerprint density at radius 3 is 2.79 bits per heavy atom. The molecule has 0 fully saturated rings. The van der Waals surface area contributed by atoms with E-state index in [2.05, 4.69) is 19.2 Å². The van der Waals surface area contributed by atoms with Crippen molar-refractivity contribution in [3.05, 3.63) is 16.5 Å². The summed E-state index contributed by atoms with van der Waals surface area (Å²) in [6, 6.07) is 0. The van der Waals surface area contributed by atoms with E-state index >= 15 is 0 Å². The molecule has 14 heavy (non-hydrogen) atoms. The number of carbonyl (C=O) groups is 1. The molecule has 0 aliphatic carbocycles. The number of nitrogens with two attached hydrogens (primary N) is 1. The van der Waals surface area contributed by atoms with Crippen LogP contribution >= 0.6 is 11.3 Å². The fourth-order valence-electron chi connectivity index (χ4n) is 1.30. The molecule has 0 aromatic carbocycles. The van der Waals surface area contributed by atoms with Gasteiger partial charge in [-0.15, -0.1) is 11.3 Å². The summed E-state index contributed by atoms with van der Waals surface area (Å²) in [6.45, 7) is 6.65. The third-order valence-corrected chi connectivity index (χ3v) is 2.86. The van der Waals surface area contributed by atoms with E-state index in [4.69, 9.17) is 5.73 Å². The SMILES string of the molecule is CCNC(=O)c1c(C(C)C)csc1N. The van der Waals surface area contributed by atoms with Crippen molar-refractivity contribution in [1.29, 1.82) is 0 Å². The van der Waals surface area contributed by atoms with E-state index < -0.39 is 0 Å². The zero-order valence-electron chi connectivity index (χ0n) is 8.76. The zero-order valence-corrected chi connectivity index (χ0v) is 9.57. The molecule has 0 spiro atoms. The maximum atomic E-state index is 11.7. The molecule has 4 heteroatoms. The Morgan fingerprint density at radius 2 is 2.29 bits per heavy atom. The van der Waals surface area contributed by atoms with Gasteiger partial charge in [-0.05, 0) is 23.8 Å². The predicted molar refractivity (Wildman–Crippen MR) is 60.8 cm³/mol. The molecule has 0 unspecified atom stereocenters. The van der Waals surface area contributed by atoms with Crippen molar-refractivity contribution in [2.75, 3.05) is 12.3 Å². The normalized spacial score (nSPS) is 10.6. The van der Waals surface area contributed by atoms with E-state index in [1.807, 2.05) is 12.3 Å². The Bertz CT molecular complexity index is 331. The first-order chi connectivity index (χ1) is 6.57. The van der Waals surface area contributed by atoms with Gasteiger partial charge >= 0.3 is 0 Å². The molecule has 0 saturated carbocycles. The first-order valence-corrected chi connectivity index (χ1v) is 5.60. The van der Waals surface area contributed by atoms with Gasteiger partial charge in [-0.25, -0.2) is 0 Å². The van der Waals surface area contributed by atoms with Gasteiger partial charge in [0.2, 0.25) is 0 Å². The van der Waals surface area contributed by atoms with Gasteiger partial charge in [0, 0.05) is 6.54 Å². The molecule has 1 aromatic rings. The molecule has 1 aromatic heterocycles. The van der Waals surface area contributed by atoms with Gasteiger partial charge in [0.15, 0.2) is 0 Å². The van der Waals surface area contributed by atoms with E-state index in [1.165, 1.54) is 11.3 Å². The molecular weight excluding hydrogens is 196 g/mol. The maximum Gasteiger partial charge on any atom is 0.254 e. The number of thiophene rings is 1. The van der Waals surface area contributed by atoms with Crippen LogP contribution in [0.3, 0.4) is 0 Å². The molecule has 0 aliphatic rings. The highest BCUT2D eigenvalue weighted by Gasteiger charge is 2.18. The average Bonchev–Trinajstić information content (AvgIpc) is 2.47. The number of anilines is 1. The van der Waals surface area contributed by atoms with Crippen LogP contribution in [0, 0.1) is 0 Å². The lowest BCUT2D eigenvalue weighted by Crippen LogP contribution is -2.24. The van der Waals surface area contributed by atoms with Crippen LogP contribution in [0.15, 0.2) is 5.38 Å². The molecule has 3 nitrogen and oxygen atoms in total. The predicted octanol–water partition coefficient (Wildman–Crippen LogP) is 2.20. The molecule has 0 bridgehead atoms. The average molecular weight is 212 g/mol. The number of nitrogens with one attached hydrogen (secondary N) is 1. The molecule has 3 N–H and O–H groups in total. The topological polar surface area (TPSA) is 55.1 Å². The summed E-state index contributed by atoms with van der Waals surface area (Å²) in [7, 11) is 0. The second kappa shape index (κ2) is 4.46. The van der Waals surface area contributed by atoms with Crippen molar-refractivity contribution in [1.82, 2.24) is 5.32 Å². The fourth-order valence-corrected chi connectivity index (χ4v) is 2.28. The summed E-state index contributed by atoms with van der Waals surface area (Å²) in [5.74, 6) is 0.274. The lowest BCUT2D eigenvalue weighted by molar-refractivity contribution is 0.0956. The Labute approximate surface area is 88.3 Å². The smallest absolute Gasteiger partial charge is 0.254 e. The number of nitrogen functional groups attached to an aromatic ring is 1. The number of carbonyl (C=O) groups excluding carboxylic acids is 1. The van der Waals surface area contributed by atoms with Gasteiger partial charge in [0.05, 0.1) is 10.6 Å². The van der Waals surface area contributed by atoms with Gasteiger partial charge in [-0.1, -0.05) is 13.8 Å². The minimum atomic E-state index is -0.0602. The highest BCUT2D eigenvalue weighted by Crippen LogP contribution is 2.30. The molecule has 0 saturated heterocycles. The van der Waals surface area contributed by atoms with Gasteiger partial charge in [0.25, 0.3) is 5.91 Å². The van der Waals surface area contributed by atoms with Crippen molar-refractivity contribution >= 4 is 22.2 Å². The molecule has 1 rings (SSSR count). The highest BCUT2D eigenvalue weighted by atomic mass is 32.1. The molecule has 1 amide bonds. The Kier molecular flexibility index (Phi) is 3.52. The summed E-state index contributed by atoms with van der Waals surface area (Å²) < 4.78 is 0. The largest absolute Gasteiger partial charge is 0.390 e. The summed E-state index contributed by atoms with van der Waals surface area (Å²) in [5, 5.41) is 5.35. The van der Waals surface area contributed by atoms with Crippen LogP contribution in [0.4, 0.5) is 5.00 Å². The number of amides is 1. The zero-order chi connectivity index (χ0) is 10.7. The Balaban J connectivity index is 3.04. The van der Waals surface area contributed by atoms with E-state index in [9.17, 15) is 4.79 Å². The van der Waals surface area contributed by atoms with E-state index in [-0.39, 0.29) is 5.91 Å². The Hall–Kier alpha value is -1.03. The van der Waals surface area contributed by atoms with Gasteiger partial charge in [-0.2, -0.15) is 0 Å². The monoisotopic (exact) mass is 212 g/mol. The van der Waals surface area contributed by atoms with Crippen molar-refractivity contribution in [3.63, 3.8) is 0 Å². The highest BCUT2D eigenvalue weighted by molar-refractivity contribution is 7.14. The number of rotatable bonds is 3. The van der Waals surface area contributed by atoms with Crippen LogP contribution in [0.25, 0.3) is 0 Å². The van der Waals surface area contributed by atoms with Crippen LogP contribution < -0.4 is 11.1 Å². The fraction of sp³-hybridized carbons (Fsp3) is 0.500. The van der Waals surface area contributed by atoms with E-state index in [1.54, 1.807) is 0 Å².